The van der Waals surface area contributed by atoms with E-state index in [-0.39, 0.29) is 10.8 Å². The van der Waals surface area contributed by atoms with Gasteiger partial charge in [0.2, 0.25) is 5.91 Å². The molecule has 1 heterocycles. The van der Waals surface area contributed by atoms with Gasteiger partial charge in [-0.2, -0.15) is 0 Å². The highest BCUT2D eigenvalue weighted by atomic mass is 32.2. The van der Waals surface area contributed by atoms with Crippen LogP contribution in [0.4, 0.5) is 11.4 Å². The molecule has 0 saturated heterocycles. The Hall–Kier alpha value is -2.34. The average Bonchev–Trinajstić information content (AvgIpc) is 2.75. The lowest BCUT2D eigenvalue weighted by molar-refractivity contribution is -0.117. The van der Waals surface area contributed by atoms with Crippen molar-refractivity contribution >= 4 is 27.3 Å². The molecule has 0 radical (unpaired) electrons. The van der Waals surface area contributed by atoms with Gasteiger partial charge in [0.05, 0.1) is 11.3 Å². The summed E-state index contributed by atoms with van der Waals surface area (Å²) in [6.45, 7) is 3.62. The highest BCUT2D eigenvalue weighted by molar-refractivity contribution is 7.92. The van der Waals surface area contributed by atoms with Gasteiger partial charge in [0, 0.05) is 18.4 Å². The van der Waals surface area contributed by atoms with Gasteiger partial charge in [-0.1, -0.05) is 12.1 Å². The number of rotatable bonds is 3. The molecule has 0 bridgehead atoms. The number of carbonyl (C=O) groups excluding carboxylic acids is 1. The van der Waals surface area contributed by atoms with Gasteiger partial charge in [-0.3, -0.25) is 9.52 Å². The Bertz CT molecular complexity index is 904. The molecule has 3 rings (SSSR count). The van der Waals surface area contributed by atoms with Crippen molar-refractivity contribution in [1.82, 2.24) is 0 Å². The van der Waals surface area contributed by atoms with E-state index in [9.17, 15) is 13.2 Å². The molecule has 2 aromatic carbocycles. The number of nitrogens with one attached hydrogen (secondary N) is 1. The Morgan fingerprint density at radius 3 is 2.57 bits per heavy atom. The van der Waals surface area contributed by atoms with Crippen LogP contribution in [0.5, 0.6) is 0 Å². The first kappa shape index (κ1) is 15.6. The molecule has 1 amide bonds. The molecule has 6 heteroatoms. The van der Waals surface area contributed by atoms with Crippen molar-refractivity contribution < 1.29 is 13.2 Å². The number of anilines is 2. The van der Waals surface area contributed by atoms with Crippen LogP contribution in [0.2, 0.25) is 0 Å². The van der Waals surface area contributed by atoms with E-state index in [1.165, 1.54) is 0 Å². The summed E-state index contributed by atoms with van der Waals surface area (Å²) < 4.78 is 27.8. The Labute approximate surface area is 136 Å². The molecule has 23 heavy (non-hydrogen) atoms. The van der Waals surface area contributed by atoms with E-state index in [0.717, 1.165) is 16.8 Å². The number of benzene rings is 2. The molecular weight excluding hydrogens is 312 g/mol. The van der Waals surface area contributed by atoms with Crippen molar-refractivity contribution in [3.63, 3.8) is 0 Å². The molecule has 1 N–H and O–H groups in total. The van der Waals surface area contributed by atoms with Gasteiger partial charge in [-0.05, 0) is 54.8 Å². The molecule has 0 saturated carbocycles. The van der Waals surface area contributed by atoms with Gasteiger partial charge in [0.15, 0.2) is 0 Å². The third kappa shape index (κ3) is 2.82. The predicted molar refractivity (Wildman–Crippen MR) is 90.3 cm³/mol. The number of carbonyl (C=O) groups is 1. The summed E-state index contributed by atoms with van der Waals surface area (Å²) in [5.41, 5.74) is 3.70. The van der Waals surface area contributed by atoms with Crippen LogP contribution in [-0.2, 0) is 21.2 Å². The maximum Gasteiger partial charge on any atom is 0.262 e. The first-order chi connectivity index (χ1) is 10.8. The van der Waals surface area contributed by atoms with Crippen molar-refractivity contribution in [1.29, 1.82) is 0 Å². The van der Waals surface area contributed by atoms with Gasteiger partial charge in [0.25, 0.3) is 10.0 Å². The quantitative estimate of drug-likeness (QED) is 0.941. The molecule has 1 aliphatic heterocycles. The molecular formula is C17H18N2O3S. The fourth-order valence-electron chi connectivity index (χ4n) is 2.74. The van der Waals surface area contributed by atoms with Crippen molar-refractivity contribution in [3.05, 3.63) is 53.1 Å². The van der Waals surface area contributed by atoms with Crippen LogP contribution >= 0.6 is 0 Å². The van der Waals surface area contributed by atoms with E-state index in [0.29, 0.717) is 17.7 Å². The minimum Gasteiger partial charge on any atom is -0.315 e. The van der Waals surface area contributed by atoms with Gasteiger partial charge in [-0.15, -0.1) is 0 Å². The lowest BCUT2D eigenvalue weighted by Gasteiger charge is -2.13. The van der Waals surface area contributed by atoms with Crippen LogP contribution in [0.3, 0.4) is 0 Å². The highest BCUT2D eigenvalue weighted by Crippen LogP contribution is 2.31. The first-order valence-corrected chi connectivity index (χ1v) is 8.76. The van der Waals surface area contributed by atoms with E-state index < -0.39 is 10.0 Å². The zero-order valence-electron chi connectivity index (χ0n) is 13.3. The summed E-state index contributed by atoms with van der Waals surface area (Å²) in [6, 6.07) is 10.5. The van der Waals surface area contributed by atoms with Gasteiger partial charge in [0.1, 0.15) is 0 Å². The summed E-state index contributed by atoms with van der Waals surface area (Å²) in [4.78, 5) is 13.6. The zero-order chi connectivity index (χ0) is 16.8. The number of hydrogen-bond acceptors (Lipinski definition) is 3. The van der Waals surface area contributed by atoms with Crippen molar-refractivity contribution in [2.45, 2.75) is 25.2 Å². The van der Waals surface area contributed by atoms with E-state index in [1.54, 1.807) is 49.2 Å². The summed E-state index contributed by atoms with van der Waals surface area (Å²) in [5, 5.41) is 0. The molecule has 0 aliphatic carbocycles. The van der Waals surface area contributed by atoms with E-state index >= 15 is 0 Å². The molecule has 0 unspecified atom stereocenters. The molecule has 120 valence electrons. The number of fused-ring (bicyclic) bond motifs is 1. The molecule has 2 aromatic rings. The standard InChI is InChI=1S/C17H18N2O3S/c1-11-4-5-12(2)16(8-11)23(21,22)18-14-6-7-15-13(9-14)10-17(20)19(15)3/h4-9,18H,10H2,1-3H3. The van der Waals surface area contributed by atoms with Crippen LogP contribution in [-0.4, -0.2) is 21.4 Å². The van der Waals surface area contributed by atoms with Crippen molar-refractivity contribution in [2.24, 2.45) is 0 Å². The smallest absolute Gasteiger partial charge is 0.262 e. The van der Waals surface area contributed by atoms with Crippen molar-refractivity contribution in [2.75, 3.05) is 16.7 Å². The normalized spacial score (nSPS) is 14.0. The minimum absolute atomic E-state index is 0.00883. The number of amides is 1. The van der Waals surface area contributed by atoms with Crippen LogP contribution < -0.4 is 9.62 Å². The number of sulfonamides is 1. The lowest BCUT2D eigenvalue weighted by atomic mass is 10.1. The Morgan fingerprint density at radius 2 is 1.83 bits per heavy atom. The topological polar surface area (TPSA) is 66.5 Å². The third-order valence-corrected chi connectivity index (χ3v) is 5.57. The monoisotopic (exact) mass is 330 g/mol. The predicted octanol–water partition coefficient (Wildman–Crippen LogP) is 2.62. The molecule has 5 nitrogen and oxygen atoms in total. The molecule has 0 atom stereocenters. The lowest BCUT2D eigenvalue weighted by Crippen LogP contribution is -2.20. The zero-order valence-corrected chi connectivity index (χ0v) is 14.1. The van der Waals surface area contributed by atoms with E-state index in [1.807, 2.05) is 13.0 Å². The fourth-order valence-corrected chi connectivity index (χ4v) is 4.12. The second kappa shape index (κ2) is 5.38. The Morgan fingerprint density at radius 1 is 1.09 bits per heavy atom. The second-order valence-corrected chi connectivity index (χ2v) is 7.50. The second-order valence-electron chi connectivity index (χ2n) is 5.85. The molecule has 0 spiro atoms. The van der Waals surface area contributed by atoms with Gasteiger partial charge in [-0.25, -0.2) is 8.42 Å². The number of hydrogen-bond donors (Lipinski definition) is 1. The molecule has 0 aromatic heterocycles. The minimum atomic E-state index is -3.66. The van der Waals surface area contributed by atoms with Crippen LogP contribution in [0.15, 0.2) is 41.3 Å². The summed E-state index contributed by atoms with van der Waals surface area (Å²) in [6.07, 6.45) is 0.297. The maximum atomic E-state index is 12.6. The SMILES string of the molecule is Cc1ccc(C)c(S(=O)(=O)Nc2ccc3c(c2)CC(=O)N3C)c1. The van der Waals surface area contributed by atoms with E-state index in [4.69, 9.17) is 0 Å². The van der Waals surface area contributed by atoms with Crippen LogP contribution in [0.1, 0.15) is 16.7 Å². The third-order valence-electron chi connectivity index (χ3n) is 4.04. The number of aryl methyl sites for hydroxylation is 2. The fraction of sp³-hybridized carbons (Fsp3) is 0.235. The maximum absolute atomic E-state index is 12.6. The number of likely N-dealkylation sites (N-methyl/N-ethyl adjacent to an activating group) is 1. The Balaban J connectivity index is 1.95. The largest absolute Gasteiger partial charge is 0.315 e. The van der Waals surface area contributed by atoms with Crippen molar-refractivity contribution in [3.8, 4) is 0 Å². The average molecular weight is 330 g/mol. The van der Waals surface area contributed by atoms with Crippen LogP contribution in [0, 0.1) is 13.8 Å². The highest BCUT2D eigenvalue weighted by Gasteiger charge is 2.25. The summed E-state index contributed by atoms with van der Waals surface area (Å²) in [7, 11) is -1.94. The number of nitrogens with zero attached hydrogens (tertiary/aromatic N) is 1. The molecule has 0 fully saturated rings. The summed E-state index contributed by atoms with van der Waals surface area (Å²) in [5.74, 6) is 0.00883. The summed E-state index contributed by atoms with van der Waals surface area (Å²) >= 11 is 0. The van der Waals surface area contributed by atoms with Crippen LogP contribution in [0.25, 0.3) is 0 Å². The molecule has 1 aliphatic rings. The first-order valence-electron chi connectivity index (χ1n) is 7.27. The van der Waals surface area contributed by atoms with Gasteiger partial charge >= 0.3 is 0 Å². The van der Waals surface area contributed by atoms with Gasteiger partial charge < -0.3 is 4.90 Å². The van der Waals surface area contributed by atoms with E-state index in [2.05, 4.69) is 4.72 Å². The Kier molecular flexibility index (Phi) is 3.64.